The second-order valence-electron chi connectivity index (χ2n) is 5.98. The summed E-state index contributed by atoms with van der Waals surface area (Å²) in [5.41, 5.74) is 4.95. The van der Waals surface area contributed by atoms with E-state index in [9.17, 15) is 15.0 Å². The van der Waals surface area contributed by atoms with E-state index in [1.807, 2.05) is 20.8 Å². The van der Waals surface area contributed by atoms with Gasteiger partial charge in [0, 0.05) is 10.9 Å². The van der Waals surface area contributed by atoms with E-state index in [1.54, 1.807) is 0 Å². The second-order valence-corrected chi connectivity index (χ2v) is 7.98. The van der Waals surface area contributed by atoms with Crippen molar-refractivity contribution in [2.75, 3.05) is 12.3 Å². The smallest absolute Gasteiger partial charge is 0.351 e. The third kappa shape index (κ3) is 3.57. The summed E-state index contributed by atoms with van der Waals surface area (Å²) in [7, 11) is 0. The van der Waals surface area contributed by atoms with Gasteiger partial charge in [0.25, 0.3) is 0 Å². The molecular formula is C13H21N3O4S. The summed E-state index contributed by atoms with van der Waals surface area (Å²) in [6.45, 7) is 5.73. The number of thioether (sulfide) groups is 1. The number of nitrogens with zero attached hydrogens (tertiary/aromatic N) is 2. The van der Waals surface area contributed by atoms with Crippen LogP contribution in [0.4, 0.5) is 5.82 Å². The quantitative estimate of drug-likeness (QED) is 0.718. The first-order valence-corrected chi connectivity index (χ1v) is 7.58. The first-order valence-electron chi connectivity index (χ1n) is 6.70. The molecule has 1 aromatic heterocycles. The number of aromatic nitrogens is 2. The Labute approximate surface area is 127 Å². The molecule has 1 aliphatic rings. The SMILES string of the molecule is CC(C)(C)SC1C(O)C(CO)OC1n1ccc(N)nc1=O. The Bertz CT molecular complexity index is 557. The Hall–Kier alpha value is -1.09. The number of aliphatic hydroxyl groups excluding tert-OH is 2. The number of nitrogens with two attached hydrogens (primary N) is 1. The number of rotatable bonds is 3. The monoisotopic (exact) mass is 315 g/mol. The summed E-state index contributed by atoms with van der Waals surface area (Å²) in [4.78, 5) is 15.7. The van der Waals surface area contributed by atoms with Gasteiger partial charge in [-0.05, 0) is 6.07 Å². The van der Waals surface area contributed by atoms with Gasteiger partial charge in [-0.25, -0.2) is 4.79 Å². The molecule has 0 spiro atoms. The minimum Gasteiger partial charge on any atom is -0.394 e. The lowest BCUT2D eigenvalue weighted by atomic mass is 10.2. The molecule has 0 radical (unpaired) electrons. The molecule has 0 aliphatic carbocycles. The van der Waals surface area contributed by atoms with E-state index in [1.165, 1.54) is 28.6 Å². The maximum atomic E-state index is 12.0. The van der Waals surface area contributed by atoms with Crippen LogP contribution < -0.4 is 11.4 Å². The highest BCUT2D eigenvalue weighted by Gasteiger charge is 2.46. The summed E-state index contributed by atoms with van der Waals surface area (Å²) in [6.07, 6.45) is -0.784. The zero-order valence-corrected chi connectivity index (χ0v) is 13.1. The Kier molecular flexibility index (Phi) is 4.62. The average molecular weight is 315 g/mol. The minimum atomic E-state index is -0.867. The third-order valence-corrected chi connectivity index (χ3v) is 4.60. The highest BCUT2D eigenvalue weighted by atomic mass is 32.2. The van der Waals surface area contributed by atoms with Crippen molar-refractivity contribution in [3.05, 3.63) is 22.7 Å². The first-order chi connectivity index (χ1) is 9.73. The van der Waals surface area contributed by atoms with Gasteiger partial charge in [0.05, 0.1) is 18.0 Å². The number of nitrogen functional groups attached to an aromatic ring is 1. The molecule has 8 heteroatoms. The third-order valence-electron chi connectivity index (χ3n) is 3.11. The van der Waals surface area contributed by atoms with Gasteiger partial charge in [0.15, 0.2) is 6.23 Å². The molecule has 4 unspecified atom stereocenters. The van der Waals surface area contributed by atoms with Crippen molar-refractivity contribution in [2.45, 2.75) is 49.2 Å². The number of ether oxygens (including phenoxy) is 1. The van der Waals surface area contributed by atoms with Crippen molar-refractivity contribution in [3.63, 3.8) is 0 Å². The van der Waals surface area contributed by atoms with Crippen LogP contribution in [-0.2, 0) is 4.74 Å². The lowest BCUT2D eigenvalue weighted by Gasteiger charge is -2.28. The van der Waals surface area contributed by atoms with Crippen LogP contribution in [0, 0.1) is 0 Å². The molecule has 0 aromatic carbocycles. The van der Waals surface area contributed by atoms with E-state index in [-0.39, 0.29) is 22.4 Å². The van der Waals surface area contributed by atoms with E-state index >= 15 is 0 Å². The largest absolute Gasteiger partial charge is 0.394 e. The van der Waals surface area contributed by atoms with Crippen molar-refractivity contribution < 1.29 is 14.9 Å². The molecule has 7 nitrogen and oxygen atoms in total. The summed E-state index contributed by atoms with van der Waals surface area (Å²) >= 11 is 1.50. The van der Waals surface area contributed by atoms with Crippen LogP contribution in [-0.4, -0.2) is 48.6 Å². The van der Waals surface area contributed by atoms with Gasteiger partial charge in [-0.1, -0.05) is 20.8 Å². The van der Waals surface area contributed by atoms with Crippen LogP contribution in [0.3, 0.4) is 0 Å². The zero-order chi connectivity index (χ0) is 15.8. The molecule has 1 aromatic rings. The van der Waals surface area contributed by atoms with Crippen LogP contribution in [0.25, 0.3) is 0 Å². The Balaban J connectivity index is 2.36. The summed E-state index contributed by atoms with van der Waals surface area (Å²) in [5, 5.41) is 19.3. The van der Waals surface area contributed by atoms with Gasteiger partial charge in [-0.15, -0.1) is 11.8 Å². The fourth-order valence-electron chi connectivity index (χ4n) is 2.25. The van der Waals surface area contributed by atoms with Crippen LogP contribution in [0.15, 0.2) is 17.1 Å². The molecule has 118 valence electrons. The average Bonchev–Trinajstić information content (AvgIpc) is 2.65. The summed E-state index contributed by atoms with van der Waals surface area (Å²) < 4.78 is 6.82. The van der Waals surface area contributed by atoms with E-state index in [2.05, 4.69) is 4.98 Å². The topological polar surface area (TPSA) is 111 Å². The number of hydrogen-bond donors (Lipinski definition) is 3. The number of aliphatic hydroxyl groups is 2. The molecule has 0 bridgehead atoms. The van der Waals surface area contributed by atoms with Crippen molar-refractivity contribution in [3.8, 4) is 0 Å². The summed E-state index contributed by atoms with van der Waals surface area (Å²) in [6, 6.07) is 1.50. The molecule has 2 rings (SSSR count). The summed E-state index contributed by atoms with van der Waals surface area (Å²) in [5.74, 6) is 0.133. The van der Waals surface area contributed by atoms with E-state index in [0.717, 1.165) is 0 Å². The molecule has 2 heterocycles. The molecule has 1 saturated heterocycles. The number of anilines is 1. The minimum absolute atomic E-state index is 0.133. The van der Waals surface area contributed by atoms with Gasteiger partial charge in [-0.2, -0.15) is 4.98 Å². The molecule has 0 amide bonds. The Morgan fingerprint density at radius 3 is 2.71 bits per heavy atom. The zero-order valence-electron chi connectivity index (χ0n) is 12.3. The number of hydrogen-bond acceptors (Lipinski definition) is 7. The molecule has 4 atom stereocenters. The van der Waals surface area contributed by atoms with Crippen LogP contribution in [0.5, 0.6) is 0 Å². The van der Waals surface area contributed by atoms with Crippen molar-refractivity contribution in [1.29, 1.82) is 0 Å². The molecule has 0 saturated carbocycles. The molecule has 1 aliphatic heterocycles. The van der Waals surface area contributed by atoms with E-state index in [4.69, 9.17) is 10.5 Å². The van der Waals surface area contributed by atoms with Crippen molar-refractivity contribution >= 4 is 17.6 Å². The van der Waals surface area contributed by atoms with Gasteiger partial charge >= 0.3 is 5.69 Å². The van der Waals surface area contributed by atoms with Gasteiger partial charge in [0.1, 0.15) is 11.9 Å². The fourth-order valence-corrected chi connectivity index (χ4v) is 3.69. The van der Waals surface area contributed by atoms with Gasteiger partial charge in [-0.3, -0.25) is 4.57 Å². The normalized spacial score (nSPS) is 29.8. The molecular weight excluding hydrogens is 294 g/mol. The lowest BCUT2D eigenvalue weighted by molar-refractivity contribution is -0.0456. The first kappa shape index (κ1) is 16.3. The lowest BCUT2D eigenvalue weighted by Crippen LogP contribution is -2.36. The van der Waals surface area contributed by atoms with E-state index in [0.29, 0.717) is 0 Å². The van der Waals surface area contributed by atoms with Crippen molar-refractivity contribution in [2.24, 2.45) is 0 Å². The second kappa shape index (κ2) is 5.96. The molecule has 21 heavy (non-hydrogen) atoms. The van der Waals surface area contributed by atoms with E-state index < -0.39 is 24.1 Å². The van der Waals surface area contributed by atoms with Crippen LogP contribution in [0.1, 0.15) is 27.0 Å². The highest BCUT2D eigenvalue weighted by Crippen LogP contribution is 2.42. The predicted octanol–water partition coefficient (Wildman–Crippen LogP) is -0.0236. The standard InChI is InChI=1S/C13H21N3O4S/c1-13(2,3)21-10-9(18)7(6-17)20-11(10)16-5-4-8(14)15-12(16)19/h4-5,7,9-11,17-18H,6H2,1-3H3,(H2,14,15,19). The molecule has 1 fully saturated rings. The Morgan fingerprint density at radius 2 is 2.19 bits per heavy atom. The maximum Gasteiger partial charge on any atom is 0.351 e. The van der Waals surface area contributed by atoms with Crippen LogP contribution >= 0.6 is 11.8 Å². The molecule has 4 N–H and O–H groups in total. The predicted molar refractivity (Wildman–Crippen MR) is 81.0 cm³/mol. The fraction of sp³-hybridized carbons (Fsp3) is 0.692. The maximum absolute atomic E-state index is 12.0. The highest BCUT2D eigenvalue weighted by molar-refractivity contribution is 8.01. The van der Waals surface area contributed by atoms with Crippen molar-refractivity contribution in [1.82, 2.24) is 9.55 Å². The van der Waals surface area contributed by atoms with Gasteiger partial charge in [0.2, 0.25) is 0 Å². The van der Waals surface area contributed by atoms with Crippen LogP contribution in [0.2, 0.25) is 0 Å². The van der Waals surface area contributed by atoms with Gasteiger partial charge < -0.3 is 20.7 Å². The Morgan fingerprint density at radius 1 is 1.52 bits per heavy atom.